The highest BCUT2D eigenvalue weighted by atomic mass is 32.1. The van der Waals surface area contributed by atoms with Gasteiger partial charge in [0.05, 0.1) is 18.3 Å². The van der Waals surface area contributed by atoms with E-state index < -0.39 is 0 Å². The minimum atomic E-state index is -0.0785. The van der Waals surface area contributed by atoms with Crippen LogP contribution in [-0.2, 0) is 11.3 Å². The van der Waals surface area contributed by atoms with Crippen LogP contribution >= 0.6 is 11.3 Å². The number of carbonyl (C=O) groups excluding carboxylic acids is 1. The van der Waals surface area contributed by atoms with E-state index in [-0.39, 0.29) is 17.9 Å². The summed E-state index contributed by atoms with van der Waals surface area (Å²) < 4.78 is 7.27. The van der Waals surface area contributed by atoms with Crippen molar-refractivity contribution in [2.45, 2.75) is 33.7 Å². The molecule has 0 aliphatic carbocycles. The third kappa shape index (κ3) is 4.25. The molecule has 7 heteroatoms. The van der Waals surface area contributed by atoms with Gasteiger partial charge in [-0.15, -0.1) is 11.3 Å². The fraction of sp³-hybridized carbons (Fsp3) is 0.381. The number of amides is 1. The number of fused-ring (bicyclic) bond motifs is 1. The summed E-state index contributed by atoms with van der Waals surface area (Å²) in [5.41, 5.74) is 1.96. The summed E-state index contributed by atoms with van der Waals surface area (Å²) in [5, 5.41) is 0.664. The number of rotatable bonds is 7. The molecule has 0 spiro atoms. The van der Waals surface area contributed by atoms with Gasteiger partial charge < -0.3 is 9.64 Å². The van der Waals surface area contributed by atoms with E-state index >= 15 is 0 Å². The lowest BCUT2D eigenvalue weighted by atomic mass is 10.2. The van der Waals surface area contributed by atoms with Crippen LogP contribution in [0.25, 0.3) is 10.2 Å². The number of thiophene rings is 1. The quantitative estimate of drug-likeness (QED) is 0.611. The van der Waals surface area contributed by atoms with E-state index in [1.54, 1.807) is 11.9 Å². The highest BCUT2D eigenvalue weighted by Gasteiger charge is 2.14. The van der Waals surface area contributed by atoms with Crippen molar-refractivity contribution >= 4 is 27.5 Å². The Bertz CT molecular complexity index is 1050. The maximum absolute atomic E-state index is 12.7. The fourth-order valence-corrected chi connectivity index (χ4v) is 3.96. The van der Waals surface area contributed by atoms with Gasteiger partial charge >= 0.3 is 0 Å². The first kappa shape index (κ1) is 20.1. The summed E-state index contributed by atoms with van der Waals surface area (Å²) in [6.07, 6.45) is 1.78. The first-order valence-corrected chi connectivity index (χ1v) is 10.1. The van der Waals surface area contributed by atoms with Crippen LogP contribution in [0.3, 0.4) is 0 Å². The summed E-state index contributed by atoms with van der Waals surface area (Å²) in [5.74, 6) is 0.800. The summed E-state index contributed by atoms with van der Waals surface area (Å²) in [6, 6.07) is 7.80. The maximum atomic E-state index is 12.7. The summed E-state index contributed by atoms with van der Waals surface area (Å²) in [7, 11) is 1.75. The van der Waals surface area contributed by atoms with Crippen LogP contribution in [0.15, 0.2) is 35.4 Å². The Kier molecular flexibility index (Phi) is 6.14. The number of nitrogens with zero attached hydrogens (tertiary/aromatic N) is 3. The number of hydrogen-bond acceptors (Lipinski definition) is 5. The molecular formula is C21H25N3O3S. The number of aryl methyl sites for hydroxylation is 4. The van der Waals surface area contributed by atoms with Gasteiger partial charge in [0.15, 0.2) is 0 Å². The van der Waals surface area contributed by atoms with E-state index in [0.717, 1.165) is 26.6 Å². The van der Waals surface area contributed by atoms with Gasteiger partial charge in [0, 0.05) is 24.9 Å². The van der Waals surface area contributed by atoms with Crippen molar-refractivity contribution < 1.29 is 9.53 Å². The van der Waals surface area contributed by atoms with Crippen LogP contribution in [0.5, 0.6) is 5.75 Å². The molecular weight excluding hydrogens is 374 g/mol. The molecule has 6 nitrogen and oxygen atoms in total. The first-order valence-electron chi connectivity index (χ1n) is 9.26. The van der Waals surface area contributed by atoms with Crippen molar-refractivity contribution in [3.05, 3.63) is 57.0 Å². The van der Waals surface area contributed by atoms with Crippen molar-refractivity contribution in [2.24, 2.45) is 0 Å². The summed E-state index contributed by atoms with van der Waals surface area (Å²) in [4.78, 5) is 33.0. The molecule has 0 fully saturated rings. The zero-order valence-corrected chi connectivity index (χ0v) is 17.5. The fourth-order valence-electron chi connectivity index (χ4n) is 2.97. The summed E-state index contributed by atoms with van der Waals surface area (Å²) >= 11 is 1.53. The number of likely N-dealkylation sites (N-methyl/N-ethyl adjacent to an activating group) is 1. The van der Waals surface area contributed by atoms with Gasteiger partial charge in [-0.1, -0.05) is 18.2 Å². The lowest BCUT2D eigenvalue weighted by Gasteiger charge is -2.18. The lowest BCUT2D eigenvalue weighted by molar-refractivity contribution is -0.130. The third-order valence-corrected chi connectivity index (χ3v) is 6.04. The van der Waals surface area contributed by atoms with Crippen LogP contribution in [-0.4, -0.2) is 40.6 Å². The Labute approximate surface area is 168 Å². The molecule has 0 saturated heterocycles. The predicted octanol–water partition coefficient (Wildman–Crippen LogP) is 3.31. The molecule has 148 valence electrons. The van der Waals surface area contributed by atoms with Gasteiger partial charge in [0.25, 0.3) is 5.56 Å². The first-order chi connectivity index (χ1) is 13.4. The third-order valence-electron chi connectivity index (χ3n) is 4.93. The Balaban J connectivity index is 1.55. The second kappa shape index (κ2) is 8.56. The SMILES string of the molecule is Cc1ccccc1OCCN(C)C(=O)CCn1cnc2sc(C)c(C)c2c1=O. The summed E-state index contributed by atoms with van der Waals surface area (Å²) in [6.45, 7) is 7.15. The van der Waals surface area contributed by atoms with Crippen molar-refractivity contribution in [1.29, 1.82) is 0 Å². The van der Waals surface area contributed by atoms with E-state index in [1.165, 1.54) is 22.2 Å². The molecule has 0 unspecified atom stereocenters. The van der Waals surface area contributed by atoms with E-state index in [1.807, 2.05) is 45.0 Å². The number of para-hydroxylation sites is 1. The minimum Gasteiger partial charge on any atom is -0.491 e. The average molecular weight is 400 g/mol. The zero-order chi connectivity index (χ0) is 20.3. The second-order valence-corrected chi connectivity index (χ2v) is 8.09. The predicted molar refractivity (Wildman–Crippen MR) is 112 cm³/mol. The Morgan fingerprint density at radius 1 is 1.25 bits per heavy atom. The number of benzene rings is 1. The van der Waals surface area contributed by atoms with Gasteiger partial charge in [0.2, 0.25) is 5.91 Å². The van der Waals surface area contributed by atoms with Crippen molar-refractivity contribution in [2.75, 3.05) is 20.2 Å². The highest BCUT2D eigenvalue weighted by molar-refractivity contribution is 7.18. The number of ether oxygens (including phenoxy) is 1. The largest absolute Gasteiger partial charge is 0.491 e. The highest BCUT2D eigenvalue weighted by Crippen LogP contribution is 2.25. The van der Waals surface area contributed by atoms with E-state index in [9.17, 15) is 9.59 Å². The maximum Gasteiger partial charge on any atom is 0.262 e. The Morgan fingerprint density at radius 3 is 2.75 bits per heavy atom. The van der Waals surface area contributed by atoms with Crippen LogP contribution in [0, 0.1) is 20.8 Å². The average Bonchev–Trinajstić information content (AvgIpc) is 2.97. The topological polar surface area (TPSA) is 64.4 Å². The second-order valence-electron chi connectivity index (χ2n) is 6.89. The molecule has 2 heterocycles. The van der Waals surface area contributed by atoms with Crippen molar-refractivity contribution in [3.63, 3.8) is 0 Å². The molecule has 1 amide bonds. The molecule has 3 rings (SSSR count). The van der Waals surface area contributed by atoms with Crippen molar-refractivity contribution in [3.8, 4) is 5.75 Å². The van der Waals surface area contributed by atoms with E-state index in [2.05, 4.69) is 4.98 Å². The molecule has 3 aromatic rings. The van der Waals surface area contributed by atoms with Gasteiger partial charge in [0.1, 0.15) is 17.2 Å². The molecule has 0 radical (unpaired) electrons. The molecule has 0 atom stereocenters. The molecule has 1 aromatic carbocycles. The molecule has 0 aliphatic heterocycles. The van der Waals surface area contributed by atoms with Gasteiger partial charge in [-0.25, -0.2) is 4.98 Å². The van der Waals surface area contributed by atoms with Gasteiger partial charge in [-0.2, -0.15) is 0 Å². The molecule has 0 N–H and O–H groups in total. The number of carbonyl (C=O) groups is 1. The normalized spacial score (nSPS) is 11.0. The van der Waals surface area contributed by atoms with Crippen LogP contribution < -0.4 is 10.3 Å². The molecule has 0 saturated carbocycles. The lowest BCUT2D eigenvalue weighted by Crippen LogP contribution is -2.32. The monoisotopic (exact) mass is 399 g/mol. The molecule has 28 heavy (non-hydrogen) atoms. The Hall–Kier alpha value is -2.67. The molecule has 2 aromatic heterocycles. The van der Waals surface area contributed by atoms with Crippen LogP contribution in [0.2, 0.25) is 0 Å². The number of hydrogen-bond donors (Lipinski definition) is 0. The molecule has 0 aliphatic rings. The zero-order valence-electron chi connectivity index (χ0n) is 16.7. The molecule has 0 bridgehead atoms. The minimum absolute atomic E-state index is 0.0291. The Morgan fingerprint density at radius 2 is 2.00 bits per heavy atom. The van der Waals surface area contributed by atoms with Gasteiger partial charge in [-0.3, -0.25) is 14.2 Å². The van der Waals surface area contributed by atoms with E-state index in [4.69, 9.17) is 4.74 Å². The van der Waals surface area contributed by atoms with Gasteiger partial charge in [-0.05, 0) is 38.0 Å². The van der Waals surface area contributed by atoms with Crippen LogP contribution in [0.1, 0.15) is 22.4 Å². The standard InChI is InChI=1S/C21H25N3O3S/c1-14-7-5-6-8-17(14)27-12-11-23(4)18(25)9-10-24-13-22-20-19(21(24)26)15(2)16(3)28-20/h5-8,13H,9-12H2,1-4H3. The number of aromatic nitrogens is 2. The van der Waals surface area contributed by atoms with Crippen LogP contribution in [0.4, 0.5) is 0 Å². The smallest absolute Gasteiger partial charge is 0.262 e. The van der Waals surface area contributed by atoms with Crippen molar-refractivity contribution in [1.82, 2.24) is 14.5 Å². The van der Waals surface area contributed by atoms with E-state index in [0.29, 0.717) is 25.1 Å².